The average Bonchev–Trinajstić information content (AvgIpc) is 2.64. The van der Waals surface area contributed by atoms with Crippen molar-refractivity contribution in [2.45, 2.75) is 44.0 Å². The van der Waals surface area contributed by atoms with E-state index in [1.54, 1.807) is 12.1 Å². The van der Waals surface area contributed by atoms with Gasteiger partial charge in [-0.25, -0.2) is 8.42 Å². The molecule has 1 atom stereocenters. The van der Waals surface area contributed by atoms with Crippen LogP contribution in [-0.4, -0.2) is 18.0 Å². The Balaban J connectivity index is 0. The summed E-state index contributed by atoms with van der Waals surface area (Å²) >= 11 is 0. The Hall–Kier alpha value is 3.15. The normalized spacial score (nSPS) is 12.4. The molecule has 0 fully saturated rings. The van der Waals surface area contributed by atoms with Gasteiger partial charge >= 0.3 is 154 Å². The maximum atomic E-state index is 11.0. The molecule has 1 unspecified atom stereocenters. The van der Waals surface area contributed by atoms with E-state index in [9.17, 15) is 27.3 Å². The largest absolute Gasteiger partial charge is 1.00 e. The average molecular weight is 553 g/mol. The Morgan fingerprint density at radius 1 is 0.906 bits per heavy atom. The van der Waals surface area contributed by atoms with Crippen molar-refractivity contribution in [1.29, 1.82) is 0 Å². The molecule has 0 heterocycles. The fourth-order valence-corrected chi connectivity index (χ4v) is 4.95. The minimum absolute atomic E-state index is 0. The molecule has 6 nitrogen and oxygen atoms in total. The van der Waals surface area contributed by atoms with E-state index in [0.717, 1.165) is 17.5 Å². The molecule has 0 radical (unpaired) electrons. The molecule has 0 saturated heterocycles. The van der Waals surface area contributed by atoms with Crippen molar-refractivity contribution in [3.05, 3.63) is 65.7 Å². The molecule has 32 heavy (non-hydrogen) atoms. The predicted molar refractivity (Wildman–Crippen MR) is 110 cm³/mol. The van der Waals surface area contributed by atoms with E-state index in [1.807, 2.05) is 12.1 Å². The van der Waals surface area contributed by atoms with Crippen molar-refractivity contribution in [3.63, 3.8) is 0 Å². The Kier molecular flexibility index (Phi) is 21.5. The number of aryl methyl sites for hydroxylation is 1. The van der Waals surface area contributed by atoms with E-state index in [4.69, 9.17) is 0 Å². The second-order valence-corrected chi connectivity index (χ2v) is 10.5. The number of allylic oxidation sites excluding steroid dienone is 1. The first-order valence-corrected chi connectivity index (χ1v) is 12.5. The molecule has 2 aromatic carbocycles. The van der Waals surface area contributed by atoms with E-state index in [0.29, 0.717) is 5.56 Å². The van der Waals surface area contributed by atoms with Gasteiger partial charge in [0, 0.05) is 0 Å². The molecule has 2 rings (SSSR count). The van der Waals surface area contributed by atoms with Crippen LogP contribution >= 0.6 is 7.60 Å². The first-order chi connectivity index (χ1) is 13.6. The van der Waals surface area contributed by atoms with Crippen LogP contribution in [0.5, 0.6) is 0 Å². The third kappa shape index (κ3) is 13.6. The number of benzene rings is 2. The SMILES string of the molecule is CCCCCc1ccc(-c2ccc(/C=C/CC(P(=O)([O-])[O-])S(=O)(=O)[O-])cc2)cc1.[K+].[K+].[K+]. The van der Waals surface area contributed by atoms with Crippen LogP contribution in [0.1, 0.15) is 43.7 Å². The van der Waals surface area contributed by atoms with Crippen LogP contribution in [0, 0.1) is 0 Å². The Morgan fingerprint density at radius 2 is 1.41 bits per heavy atom. The molecule has 0 aliphatic heterocycles. The molecule has 0 bridgehead atoms. The van der Waals surface area contributed by atoms with Crippen LogP contribution in [0.2, 0.25) is 0 Å². The van der Waals surface area contributed by atoms with Crippen LogP contribution in [0.3, 0.4) is 0 Å². The van der Waals surface area contributed by atoms with Crippen LogP contribution in [0.15, 0.2) is 54.6 Å². The molecule has 0 aromatic heterocycles. The predicted octanol–water partition coefficient (Wildman–Crippen LogP) is -5.71. The summed E-state index contributed by atoms with van der Waals surface area (Å²) in [5, 5.41) is 0. The summed E-state index contributed by atoms with van der Waals surface area (Å²) in [6, 6.07) is 15.7. The van der Waals surface area contributed by atoms with E-state index >= 15 is 0 Å². The molecule has 0 aliphatic rings. The Morgan fingerprint density at radius 3 is 1.84 bits per heavy atom. The van der Waals surface area contributed by atoms with Crippen LogP contribution in [0.25, 0.3) is 17.2 Å². The van der Waals surface area contributed by atoms with Crippen molar-refractivity contribution in [1.82, 2.24) is 0 Å². The molecule has 0 amide bonds. The van der Waals surface area contributed by atoms with E-state index in [2.05, 4.69) is 31.2 Å². The summed E-state index contributed by atoms with van der Waals surface area (Å²) in [6.45, 7) is 2.18. The zero-order valence-corrected chi connectivity index (χ0v) is 30.3. The van der Waals surface area contributed by atoms with Crippen LogP contribution in [0.4, 0.5) is 0 Å². The van der Waals surface area contributed by atoms with E-state index in [-0.39, 0.29) is 154 Å². The Bertz CT molecular complexity index is 974. The summed E-state index contributed by atoms with van der Waals surface area (Å²) in [6.07, 6.45) is 6.68. The van der Waals surface area contributed by atoms with Gasteiger partial charge in [0.25, 0.3) is 0 Å². The Labute approximate surface area is 319 Å². The first kappa shape index (κ1) is 37.3. The minimum Gasteiger partial charge on any atom is -0.810 e. The van der Waals surface area contributed by atoms with E-state index < -0.39 is 29.1 Å². The molecule has 0 spiro atoms. The van der Waals surface area contributed by atoms with Gasteiger partial charge in [0.15, 0.2) is 0 Å². The monoisotopic (exact) mass is 552 g/mol. The van der Waals surface area contributed by atoms with Gasteiger partial charge in [-0.1, -0.05) is 80.4 Å². The second kappa shape index (κ2) is 18.4. The van der Waals surface area contributed by atoms with Gasteiger partial charge in [-0.2, -0.15) is 0 Å². The van der Waals surface area contributed by atoms with Crippen molar-refractivity contribution >= 4 is 23.8 Å². The summed E-state index contributed by atoms with van der Waals surface area (Å²) in [5.74, 6) is 0. The van der Waals surface area contributed by atoms with Gasteiger partial charge in [0.1, 0.15) is 10.1 Å². The molecular weight excluding hydrogens is 529 g/mol. The van der Waals surface area contributed by atoms with Crippen molar-refractivity contribution in [2.75, 3.05) is 0 Å². The van der Waals surface area contributed by atoms with Gasteiger partial charge in [-0.15, -0.1) is 0 Å². The topological polar surface area (TPSA) is 120 Å². The van der Waals surface area contributed by atoms with Gasteiger partial charge in [0.05, 0.1) is 4.99 Å². The molecular formula is C21H24K3O6PS. The van der Waals surface area contributed by atoms with Crippen LogP contribution in [-0.2, 0) is 21.1 Å². The third-order valence-electron chi connectivity index (χ3n) is 4.60. The summed E-state index contributed by atoms with van der Waals surface area (Å²) in [5.41, 5.74) is 4.07. The zero-order valence-electron chi connectivity index (χ0n) is 19.2. The smallest absolute Gasteiger partial charge is 0.810 e. The zero-order chi connectivity index (χ0) is 21.5. The molecule has 158 valence electrons. The summed E-state index contributed by atoms with van der Waals surface area (Å²) in [7, 11) is -10.8. The van der Waals surface area contributed by atoms with Crippen molar-refractivity contribution < 1.29 is 181 Å². The van der Waals surface area contributed by atoms with Gasteiger partial charge < -0.3 is 18.9 Å². The number of hydrogen-bond acceptors (Lipinski definition) is 6. The third-order valence-corrected chi connectivity index (χ3v) is 7.93. The first-order valence-electron chi connectivity index (χ1n) is 9.43. The van der Waals surface area contributed by atoms with Gasteiger partial charge in [0.2, 0.25) is 0 Å². The number of unbranched alkanes of at least 4 members (excludes halogenated alkanes) is 2. The van der Waals surface area contributed by atoms with Gasteiger partial charge in [-0.3, -0.25) is 0 Å². The molecule has 2 aromatic rings. The maximum absolute atomic E-state index is 11.0. The van der Waals surface area contributed by atoms with Crippen LogP contribution < -0.4 is 164 Å². The van der Waals surface area contributed by atoms with Crippen molar-refractivity contribution in [3.8, 4) is 11.1 Å². The number of hydrogen-bond donors (Lipinski definition) is 0. The van der Waals surface area contributed by atoms with Gasteiger partial charge in [-0.05, 0) is 49.1 Å². The fraction of sp³-hybridized carbons (Fsp3) is 0.333. The molecule has 0 saturated carbocycles. The second-order valence-electron chi connectivity index (χ2n) is 6.90. The standard InChI is InChI=1S/C21H27O6PS.3K/c1-2-3-4-6-17-9-13-19(14-10-17)20-15-11-18(12-16-20)7-5-8-21(28(22,23)24)29(25,26)27;;;/h5,7,9-16,21H,2-4,6,8H2,1H3,(H2,22,23,24)(H,25,26,27);;;/q;3*+1/p-3/b7-5+;;;. The summed E-state index contributed by atoms with van der Waals surface area (Å²) < 4.78 is 43.9. The molecule has 11 heteroatoms. The molecule has 0 aliphatic carbocycles. The summed E-state index contributed by atoms with van der Waals surface area (Å²) in [4.78, 5) is 19.5. The van der Waals surface area contributed by atoms with Crippen molar-refractivity contribution in [2.24, 2.45) is 0 Å². The minimum atomic E-state index is -5.53. The van der Waals surface area contributed by atoms with E-state index in [1.165, 1.54) is 37.0 Å². The maximum Gasteiger partial charge on any atom is 1.00 e. The number of rotatable bonds is 10. The molecule has 0 N–H and O–H groups in total. The fourth-order valence-electron chi connectivity index (χ4n) is 2.96. The quantitative estimate of drug-likeness (QED) is 0.125.